The average Bonchev–Trinajstić information content (AvgIpc) is 3.00. The highest BCUT2D eigenvalue weighted by Gasteiger charge is 2.15. The lowest BCUT2D eigenvalue weighted by Gasteiger charge is -2.07. The van der Waals surface area contributed by atoms with Crippen molar-refractivity contribution in [3.8, 4) is 5.75 Å². The van der Waals surface area contributed by atoms with E-state index in [2.05, 4.69) is 5.32 Å². The smallest absolute Gasteiger partial charge is 0.335 e. The molecule has 0 aliphatic carbocycles. The maximum Gasteiger partial charge on any atom is 0.335 e. The molecule has 2 aromatic carbocycles. The van der Waals surface area contributed by atoms with Crippen molar-refractivity contribution in [2.45, 2.75) is 13.0 Å². The number of hydrogen-bond acceptors (Lipinski definition) is 3. The van der Waals surface area contributed by atoms with Gasteiger partial charge < -0.3 is 15.2 Å². The molecule has 1 heterocycles. The molecule has 0 bridgehead atoms. The van der Waals surface area contributed by atoms with Gasteiger partial charge in [0.2, 0.25) is 0 Å². The Morgan fingerprint density at radius 3 is 2.82 bits per heavy atom. The molecule has 0 spiro atoms. The van der Waals surface area contributed by atoms with Gasteiger partial charge in [0, 0.05) is 18.5 Å². The maximum atomic E-state index is 12.2. The second-order valence-electron chi connectivity index (χ2n) is 5.11. The van der Waals surface area contributed by atoms with Gasteiger partial charge in [0.05, 0.1) is 12.2 Å². The van der Waals surface area contributed by atoms with Crippen LogP contribution < -0.4 is 10.1 Å². The third kappa shape index (κ3) is 2.93. The number of aromatic carboxylic acids is 1. The van der Waals surface area contributed by atoms with Gasteiger partial charge in [0.15, 0.2) is 0 Å². The molecule has 5 heteroatoms. The summed E-state index contributed by atoms with van der Waals surface area (Å²) in [7, 11) is 0. The summed E-state index contributed by atoms with van der Waals surface area (Å²) in [4.78, 5) is 23.1. The molecule has 5 nitrogen and oxygen atoms in total. The molecule has 2 N–H and O–H groups in total. The molecular weight excluding hydrogens is 282 g/mol. The van der Waals surface area contributed by atoms with Crippen LogP contribution in [0.5, 0.6) is 5.75 Å². The Morgan fingerprint density at radius 1 is 1.14 bits per heavy atom. The van der Waals surface area contributed by atoms with Crippen LogP contribution in [0.1, 0.15) is 31.8 Å². The number of nitrogens with one attached hydrogen (secondary N) is 1. The van der Waals surface area contributed by atoms with Crippen LogP contribution in [0.4, 0.5) is 0 Å². The average molecular weight is 297 g/mol. The van der Waals surface area contributed by atoms with Crippen LogP contribution in [0.2, 0.25) is 0 Å². The van der Waals surface area contributed by atoms with Crippen LogP contribution in [0.15, 0.2) is 42.5 Å². The third-order valence-electron chi connectivity index (χ3n) is 3.58. The number of carboxylic acids is 1. The highest BCUT2D eigenvalue weighted by atomic mass is 16.5. The van der Waals surface area contributed by atoms with E-state index in [0.29, 0.717) is 12.2 Å². The fourth-order valence-electron chi connectivity index (χ4n) is 2.43. The van der Waals surface area contributed by atoms with E-state index in [0.717, 1.165) is 23.3 Å². The standard InChI is InChI=1S/C17H15NO4/c19-16(13-4-5-15-12(9-13)6-7-22-15)18-10-11-2-1-3-14(8-11)17(20)21/h1-5,8-9H,6-7,10H2,(H,18,19)(H,20,21). The molecule has 1 aliphatic rings. The molecule has 112 valence electrons. The van der Waals surface area contributed by atoms with Crippen LogP contribution in [0.25, 0.3) is 0 Å². The summed E-state index contributed by atoms with van der Waals surface area (Å²) in [6, 6.07) is 11.9. The first kappa shape index (κ1) is 14.1. The van der Waals surface area contributed by atoms with Crippen molar-refractivity contribution in [1.82, 2.24) is 5.32 Å². The van der Waals surface area contributed by atoms with Gasteiger partial charge in [-0.2, -0.15) is 0 Å². The number of carbonyl (C=O) groups is 2. The molecule has 0 saturated carbocycles. The fraction of sp³-hybridized carbons (Fsp3) is 0.176. The molecule has 0 aromatic heterocycles. The van der Waals surface area contributed by atoms with Crippen molar-refractivity contribution >= 4 is 11.9 Å². The largest absolute Gasteiger partial charge is 0.493 e. The van der Waals surface area contributed by atoms with Crippen molar-refractivity contribution in [2.24, 2.45) is 0 Å². The zero-order valence-electron chi connectivity index (χ0n) is 11.8. The zero-order valence-corrected chi connectivity index (χ0v) is 11.8. The Hall–Kier alpha value is -2.82. The first-order valence-electron chi connectivity index (χ1n) is 6.99. The first-order chi connectivity index (χ1) is 10.6. The molecule has 22 heavy (non-hydrogen) atoms. The van der Waals surface area contributed by atoms with E-state index in [-0.39, 0.29) is 18.0 Å². The Labute approximate surface area is 127 Å². The van der Waals surface area contributed by atoms with Gasteiger partial charge in [-0.15, -0.1) is 0 Å². The van der Waals surface area contributed by atoms with E-state index in [1.54, 1.807) is 24.3 Å². The van der Waals surface area contributed by atoms with Crippen molar-refractivity contribution < 1.29 is 19.4 Å². The molecule has 0 atom stereocenters. The number of benzene rings is 2. The molecule has 1 amide bonds. The van der Waals surface area contributed by atoms with Gasteiger partial charge in [-0.1, -0.05) is 12.1 Å². The minimum Gasteiger partial charge on any atom is -0.493 e. The van der Waals surface area contributed by atoms with Crippen molar-refractivity contribution in [3.05, 3.63) is 64.7 Å². The summed E-state index contributed by atoms with van der Waals surface area (Å²) in [5.41, 5.74) is 2.58. The summed E-state index contributed by atoms with van der Waals surface area (Å²) in [5.74, 6) is -0.326. The number of ether oxygens (including phenoxy) is 1. The molecule has 1 aliphatic heterocycles. The number of carboxylic acid groups (broad SMARTS) is 1. The summed E-state index contributed by atoms with van der Waals surface area (Å²) >= 11 is 0. The molecule has 0 unspecified atom stereocenters. The number of amides is 1. The third-order valence-corrected chi connectivity index (χ3v) is 3.58. The lowest BCUT2D eigenvalue weighted by atomic mass is 10.1. The van der Waals surface area contributed by atoms with E-state index < -0.39 is 5.97 Å². The van der Waals surface area contributed by atoms with Crippen LogP contribution in [0.3, 0.4) is 0 Å². The van der Waals surface area contributed by atoms with Crippen LogP contribution in [-0.2, 0) is 13.0 Å². The van der Waals surface area contributed by atoms with Crippen LogP contribution in [-0.4, -0.2) is 23.6 Å². The van der Waals surface area contributed by atoms with Crippen LogP contribution >= 0.6 is 0 Å². The SMILES string of the molecule is O=C(O)c1cccc(CNC(=O)c2ccc3c(c2)CCO3)c1. The molecule has 0 radical (unpaired) electrons. The fourth-order valence-corrected chi connectivity index (χ4v) is 2.43. The van der Waals surface area contributed by atoms with E-state index >= 15 is 0 Å². The van der Waals surface area contributed by atoms with Crippen LogP contribution in [0, 0.1) is 0 Å². The molecule has 0 fully saturated rings. The van der Waals surface area contributed by atoms with E-state index in [9.17, 15) is 9.59 Å². The van der Waals surface area contributed by atoms with Crippen molar-refractivity contribution in [3.63, 3.8) is 0 Å². The Kier molecular flexibility index (Phi) is 3.78. The lowest BCUT2D eigenvalue weighted by Crippen LogP contribution is -2.23. The number of rotatable bonds is 4. The molecule has 0 saturated heterocycles. The predicted octanol–water partition coefficient (Wildman–Crippen LogP) is 2.25. The highest BCUT2D eigenvalue weighted by Crippen LogP contribution is 2.25. The summed E-state index contributed by atoms with van der Waals surface area (Å²) in [5, 5.41) is 11.8. The first-order valence-corrected chi connectivity index (χ1v) is 6.99. The Bertz CT molecular complexity index is 739. The quantitative estimate of drug-likeness (QED) is 0.907. The maximum absolute atomic E-state index is 12.2. The topological polar surface area (TPSA) is 75.6 Å². The lowest BCUT2D eigenvalue weighted by molar-refractivity contribution is 0.0696. The summed E-state index contributed by atoms with van der Waals surface area (Å²) < 4.78 is 5.41. The van der Waals surface area contributed by atoms with Gasteiger partial charge >= 0.3 is 5.97 Å². The van der Waals surface area contributed by atoms with Gasteiger partial charge in [0.25, 0.3) is 5.91 Å². The second kappa shape index (κ2) is 5.89. The van der Waals surface area contributed by atoms with Crippen molar-refractivity contribution in [1.29, 1.82) is 0 Å². The van der Waals surface area contributed by atoms with E-state index in [1.165, 1.54) is 6.07 Å². The minimum atomic E-state index is -0.980. The molecule has 3 rings (SSSR count). The van der Waals surface area contributed by atoms with Gasteiger partial charge in [-0.05, 0) is 41.5 Å². The minimum absolute atomic E-state index is 0.185. The normalized spacial score (nSPS) is 12.4. The van der Waals surface area contributed by atoms with Gasteiger partial charge in [-0.25, -0.2) is 4.79 Å². The predicted molar refractivity (Wildman–Crippen MR) is 80.2 cm³/mol. The van der Waals surface area contributed by atoms with Gasteiger partial charge in [-0.3, -0.25) is 4.79 Å². The monoisotopic (exact) mass is 297 g/mol. The second-order valence-corrected chi connectivity index (χ2v) is 5.11. The van der Waals surface area contributed by atoms with Gasteiger partial charge in [0.1, 0.15) is 5.75 Å². The molecular formula is C17H15NO4. The van der Waals surface area contributed by atoms with E-state index in [4.69, 9.17) is 9.84 Å². The van der Waals surface area contributed by atoms with E-state index in [1.807, 2.05) is 12.1 Å². The Morgan fingerprint density at radius 2 is 2.00 bits per heavy atom. The summed E-state index contributed by atoms with van der Waals surface area (Å²) in [6.07, 6.45) is 0.817. The number of carbonyl (C=O) groups excluding carboxylic acids is 1. The Balaban J connectivity index is 1.67. The number of hydrogen-bond donors (Lipinski definition) is 2. The van der Waals surface area contributed by atoms with Crippen molar-refractivity contribution in [2.75, 3.05) is 6.61 Å². The number of fused-ring (bicyclic) bond motifs is 1. The molecule has 2 aromatic rings. The zero-order chi connectivity index (χ0) is 15.5. The highest BCUT2D eigenvalue weighted by molar-refractivity contribution is 5.94. The summed E-state index contributed by atoms with van der Waals surface area (Å²) in [6.45, 7) is 0.940.